The van der Waals surface area contributed by atoms with E-state index in [0.717, 1.165) is 19.0 Å². The molecular weight excluding hydrogens is 295 g/mol. The van der Waals surface area contributed by atoms with Crippen LogP contribution in [0, 0.1) is 18.7 Å². The first kappa shape index (κ1) is 16.4. The molecule has 1 heterocycles. The Labute approximate surface area is 137 Å². The predicted octanol–water partition coefficient (Wildman–Crippen LogP) is 2.32. The van der Waals surface area contributed by atoms with Crippen molar-refractivity contribution in [2.45, 2.75) is 25.9 Å². The average molecular weight is 320 g/mol. The van der Waals surface area contributed by atoms with Crippen molar-refractivity contribution in [3.63, 3.8) is 0 Å². The summed E-state index contributed by atoms with van der Waals surface area (Å²) in [7, 11) is 2.12. The van der Waals surface area contributed by atoms with Crippen molar-refractivity contribution in [1.82, 2.24) is 9.80 Å². The number of ether oxygens (including phenoxy) is 1. The van der Waals surface area contributed by atoms with E-state index in [0.29, 0.717) is 30.8 Å². The summed E-state index contributed by atoms with van der Waals surface area (Å²) in [6.07, 6.45) is 2.73. The first-order chi connectivity index (χ1) is 11.0. The molecule has 1 atom stereocenters. The molecule has 126 valence electrons. The molecule has 2 fully saturated rings. The number of amides is 1. The zero-order valence-corrected chi connectivity index (χ0v) is 13.9. The van der Waals surface area contributed by atoms with Gasteiger partial charge in [0.25, 0.3) is 5.91 Å². The van der Waals surface area contributed by atoms with Crippen molar-refractivity contribution in [2.24, 2.45) is 5.92 Å². The van der Waals surface area contributed by atoms with Gasteiger partial charge < -0.3 is 14.5 Å². The van der Waals surface area contributed by atoms with Gasteiger partial charge in [0.1, 0.15) is 5.82 Å². The van der Waals surface area contributed by atoms with Crippen LogP contribution < -0.4 is 0 Å². The summed E-state index contributed by atoms with van der Waals surface area (Å²) in [5.41, 5.74) is 1.27. The molecule has 1 amide bonds. The summed E-state index contributed by atoms with van der Waals surface area (Å²) in [4.78, 5) is 16.8. The molecule has 1 aliphatic heterocycles. The van der Waals surface area contributed by atoms with Gasteiger partial charge >= 0.3 is 0 Å². The topological polar surface area (TPSA) is 32.8 Å². The second kappa shape index (κ2) is 6.97. The van der Waals surface area contributed by atoms with Crippen LogP contribution in [0.2, 0.25) is 0 Å². The molecule has 1 aromatic carbocycles. The molecule has 5 heteroatoms. The zero-order chi connectivity index (χ0) is 16.4. The number of rotatable bonds is 5. The van der Waals surface area contributed by atoms with Crippen LogP contribution in [0.3, 0.4) is 0 Å². The largest absolute Gasteiger partial charge is 0.373 e. The number of nitrogens with zero attached hydrogens (tertiary/aromatic N) is 2. The van der Waals surface area contributed by atoms with E-state index in [4.69, 9.17) is 4.74 Å². The first-order valence-electron chi connectivity index (χ1n) is 8.38. The molecule has 1 aliphatic carbocycles. The normalized spacial score (nSPS) is 21.7. The van der Waals surface area contributed by atoms with Gasteiger partial charge in [0, 0.05) is 31.7 Å². The fourth-order valence-electron chi connectivity index (χ4n) is 3.22. The van der Waals surface area contributed by atoms with Crippen molar-refractivity contribution in [2.75, 3.05) is 39.8 Å². The van der Waals surface area contributed by atoms with Gasteiger partial charge in [0.15, 0.2) is 0 Å². The molecule has 3 rings (SSSR count). The monoisotopic (exact) mass is 320 g/mol. The maximum atomic E-state index is 13.2. The Balaban J connectivity index is 1.59. The van der Waals surface area contributed by atoms with E-state index in [-0.39, 0.29) is 17.8 Å². The molecule has 0 bridgehead atoms. The van der Waals surface area contributed by atoms with Gasteiger partial charge in [-0.25, -0.2) is 4.39 Å². The number of benzene rings is 1. The van der Waals surface area contributed by atoms with Gasteiger partial charge in [-0.1, -0.05) is 0 Å². The van der Waals surface area contributed by atoms with Crippen molar-refractivity contribution in [3.05, 3.63) is 35.1 Å². The maximum absolute atomic E-state index is 13.2. The van der Waals surface area contributed by atoms with Crippen molar-refractivity contribution >= 4 is 5.91 Å². The minimum absolute atomic E-state index is 0.0272. The highest BCUT2D eigenvalue weighted by molar-refractivity contribution is 5.95. The minimum Gasteiger partial charge on any atom is -0.373 e. The van der Waals surface area contributed by atoms with Crippen LogP contribution in [0.4, 0.5) is 4.39 Å². The van der Waals surface area contributed by atoms with Gasteiger partial charge in [-0.3, -0.25) is 4.79 Å². The quantitative estimate of drug-likeness (QED) is 0.835. The number of halogens is 1. The molecule has 23 heavy (non-hydrogen) atoms. The molecule has 4 nitrogen and oxygen atoms in total. The summed E-state index contributed by atoms with van der Waals surface area (Å²) < 4.78 is 19.0. The van der Waals surface area contributed by atoms with E-state index in [9.17, 15) is 9.18 Å². The summed E-state index contributed by atoms with van der Waals surface area (Å²) >= 11 is 0. The van der Waals surface area contributed by atoms with Gasteiger partial charge in [-0.15, -0.1) is 0 Å². The Morgan fingerprint density at radius 3 is 2.87 bits per heavy atom. The summed E-state index contributed by atoms with van der Waals surface area (Å²) in [5, 5.41) is 0. The molecule has 0 spiro atoms. The molecular formula is C18H25FN2O2. The number of hydrogen-bond donors (Lipinski definition) is 0. The second-order valence-corrected chi connectivity index (χ2v) is 6.87. The lowest BCUT2D eigenvalue weighted by molar-refractivity contribution is -0.0334. The molecule has 0 N–H and O–H groups in total. The van der Waals surface area contributed by atoms with E-state index >= 15 is 0 Å². The molecule has 2 aliphatic rings. The summed E-state index contributed by atoms with van der Waals surface area (Å²) in [6.45, 7) is 5.50. The maximum Gasteiger partial charge on any atom is 0.254 e. The highest BCUT2D eigenvalue weighted by Gasteiger charge is 2.28. The number of aryl methyl sites for hydroxylation is 1. The lowest BCUT2D eigenvalue weighted by Gasteiger charge is -2.35. The lowest BCUT2D eigenvalue weighted by Crippen LogP contribution is -2.49. The molecule has 1 unspecified atom stereocenters. The van der Waals surface area contributed by atoms with Crippen LogP contribution in [0.1, 0.15) is 28.8 Å². The number of likely N-dealkylation sites (N-methyl/N-ethyl adjacent to an activating group) is 1. The van der Waals surface area contributed by atoms with Crippen LogP contribution >= 0.6 is 0 Å². The zero-order valence-electron chi connectivity index (χ0n) is 13.9. The number of carbonyl (C=O) groups is 1. The van der Waals surface area contributed by atoms with Crippen molar-refractivity contribution in [1.29, 1.82) is 0 Å². The molecule has 1 aromatic rings. The molecule has 0 aromatic heterocycles. The minimum atomic E-state index is -0.305. The van der Waals surface area contributed by atoms with E-state index < -0.39 is 0 Å². The Bertz CT molecular complexity index is 574. The first-order valence-corrected chi connectivity index (χ1v) is 8.38. The van der Waals surface area contributed by atoms with Crippen molar-refractivity contribution < 1.29 is 13.9 Å². The van der Waals surface area contributed by atoms with Gasteiger partial charge in [-0.2, -0.15) is 0 Å². The predicted molar refractivity (Wildman–Crippen MR) is 87.0 cm³/mol. The third kappa shape index (κ3) is 4.30. The standard InChI is InChI=1S/C18H25FN2O2/c1-13-9-15(19)5-6-17(13)18(22)21-7-8-23-16(12-21)11-20(2)10-14-3-4-14/h5-6,9,14,16H,3-4,7-8,10-12H2,1-2H3. The fourth-order valence-corrected chi connectivity index (χ4v) is 3.22. The number of hydrogen-bond acceptors (Lipinski definition) is 3. The Morgan fingerprint density at radius 2 is 2.17 bits per heavy atom. The fraction of sp³-hybridized carbons (Fsp3) is 0.611. The lowest BCUT2D eigenvalue weighted by atomic mass is 10.1. The molecule has 1 saturated heterocycles. The van der Waals surface area contributed by atoms with Gasteiger partial charge in [0.05, 0.1) is 12.7 Å². The SMILES string of the molecule is Cc1cc(F)ccc1C(=O)N1CCOC(CN(C)CC2CC2)C1. The van der Waals surface area contributed by atoms with Crippen molar-refractivity contribution in [3.8, 4) is 0 Å². The van der Waals surface area contributed by atoms with Gasteiger partial charge in [0.2, 0.25) is 0 Å². The number of morpholine rings is 1. The van der Waals surface area contributed by atoms with Gasteiger partial charge in [-0.05, 0) is 56.5 Å². The van der Waals surface area contributed by atoms with E-state index in [1.807, 2.05) is 4.90 Å². The van der Waals surface area contributed by atoms with Crippen LogP contribution in [0.5, 0.6) is 0 Å². The smallest absolute Gasteiger partial charge is 0.254 e. The van der Waals surface area contributed by atoms with E-state index in [1.54, 1.807) is 13.0 Å². The number of carbonyl (C=O) groups excluding carboxylic acids is 1. The Morgan fingerprint density at radius 1 is 1.39 bits per heavy atom. The van der Waals surface area contributed by atoms with E-state index in [1.165, 1.54) is 25.0 Å². The summed E-state index contributed by atoms with van der Waals surface area (Å²) in [5.74, 6) is 0.518. The van der Waals surface area contributed by atoms with Crippen LogP contribution in [0.15, 0.2) is 18.2 Å². The highest BCUT2D eigenvalue weighted by atomic mass is 19.1. The van der Waals surface area contributed by atoms with Crippen LogP contribution in [0.25, 0.3) is 0 Å². The Kier molecular flexibility index (Phi) is 4.97. The molecule has 0 radical (unpaired) electrons. The molecule has 1 saturated carbocycles. The van der Waals surface area contributed by atoms with Crippen LogP contribution in [-0.2, 0) is 4.74 Å². The second-order valence-electron chi connectivity index (χ2n) is 6.87. The Hall–Kier alpha value is -1.46. The van der Waals surface area contributed by atoms with Crippen LogP contribution in [-0.4, -0.2) is 61.6 Å². The average Bonchev–Trinajstić information content (AvgIpc) is 3.30. The highest BCUT2D eigenvalue weighted by Crippen LogP contribution is 2.29. The third-order valence-corrected chi connectivity index (χ3v) is 4.63. The summed E-state index contributed by atoms with van der Waals surface area (Å²) in [6, 6.07) is 4.34. The van der Waals surface area contributed by atoms with E-state index in [2.05, 4.69) is 11.9 Å². The third-order valence-electron chi connectivity index (χ3n) is 4.63.